The van der Waals surface area contributed by atoms with Gasteiger partial charge in [-0.3, -0.25) is 0 Å². The van der Waals surface area contributed by atoms with Crippen molar-refractivity contribution in [2.45, 2.75) is 45.1 Å². The standard InChI is InChI=1S/C14H25N3S/c1-11(15-2)13-9-16-14(18-13)17(3)10-12-7-5-4-6-8-12/h9,11-12,15H,4-8,10H2,1-3H3. The number of hydrogen-bond acceptors (Lipinski definition) is 4. The highest BCUT2D eigenvalue weighted by molar-refractivity contribution is 7.15. The van der Waals surface area contributed by atoms with Crippen LogP contribution in [0.25, 0.3) is 0 Å². The van der Waals surface area contributed by atoms with Gasteiger partial charge < -0.3 is 10.2 Å². The van der Waals surface area contributed by atoms with Crippen LogP contribution in [0.4, 0.5) is 5.13 Å². The monoisotopic (exact) mass is 267 g/mol. The van der Waals surface area contributed by atoms with Gasteiger partial charge in [-0.2, -0.15) is 0 Å². The Morgan fingerprint density at radius 3 is 2.83 bits per heavy atom. The van der Waals surface area contributed by atoms with Crippen LogP contribution >= 0.6 is 11.3 Å². The van der Waals surface area contributed by atoms with Gasteiger partial charge in [0.25, 0.3) is 0 Å². The van der Waals surface area contributed by atoms with Gasteiger partial charge in [-0.05, 0) is 32.7 Å². The van der Waals surface area contributed by atoms with Gasteiger partial charge in [0.05, 0.1) is 0 Å². The molecule has 1 saturated carbocycles. The molecular formula is C14H25N3S. The van der Waals surface area contributed by atoms with E-state index in [1.54, 1.807) is 0 Å². The van der Waals surface area contributed by atoms with Crippen LogP contribution < -0.4 is 10.2 Å². The molecule has 3 nitrogen and oxygen atoms in total. The summed E-state index contributed by atoms with van der Waals surface area (Å²) in [6, 6.07) is 0.402. The van der Waals surface area contributed by atoms with Crippen molar-refractivity contribution in [1.82, 2.24) is 10.3 Å². The van der Waals surface area contributed by atoms with E-state index in [1.807, 2.05) is 24.6 Å². The highest BCUT2D eigenvalue weighted by Crippen LogP contribution is 2.29. The summed E-state index contributed by atoms with van der Waals surface area (Å²) in [4.78, 5) is 8.22. The van der Waals surface area contributed by atoms with Gasteiger partial charge in [0.15, 0.2) is 5.13 Å². The molecule has 0 aromatic carbocycles. The largest absolute Gasteiger partial charge is 0.351 e. The molecule has 0 spiro atoms. The summed E-state index contributed by atoms with van der Waals surface area (Å²) < 4.78 is 0. The molecule has 0 aliphatic heterocycles. The van der Waals surface area contributed by atoms with Crippen molar-refractivity contribution in [3.05, 3.63) is 11.1 Å². The maximum Gasteiger partial charge on any atom is 0.185 e. The van der Waals surface area contributed by atoms with Crippen molar-refractivity contribution in [2.75, 3.05) is 25.5 Å². The van der Waals surface area contributed by atoms with Crippen LogP contribution in [0.2, 0.25) is 0 Å². The summed E-state index contributed by atoms with van der Waals surface area (Å²) in [6.07, 6.45) is 9.07. The van der Waals surface area contributed by atoms with Crippen molar-refractivity contribution in [3.63, 3.8) is 0 Å². The van der Waals surface area contributed by atoms with E-state index in [0.717, 1.165) is 11.0 Å². The second kappa shape index (κ2) is 6.53. The summed E-state index contributed by atoms with van der Waals surface area (Å²) in [5.74, 6) is 0.873. The lowest BCUT2D eigenvalue weighted by molar-refractivity contribution is 0.362. The van der Waals surface area contributed by atoms with Gasteiger partial charge in [-0.1, -0.05) is 19.3 Å². The van der Waals surface area contributed by atoms with E-state index >= 15 is 0 Å². The molecular weight excluding hydrogens is 242 g/mol. The van der Waals surface area contributed by atoms with E-state index < -0.39 is 0 Å². The third-order valence-corrected chi connectivity index (χ3v) is 5.25. The fourth-order valence-corrected chi connectivity index (χ4v) is 3.58. The van der Waals surface area contributed by atoms with Crippen molar-refractivity contribution in [2.24, 2.45) is 5.92 Å². The third kappa shape index (κ3) is 3.45. The van der Waals surface area contributed by atoms with Crippen LogP contribution in [0.3, 0.4) is 0 Å². The predicted octanol–water partition coefficient (Wildman–Crippen LogP) is 3.44. The van der Waals surface area contributed by atoms with Gasteiger partial charge in [-0.25, -0.2) is 4.98 Å². The molecule has 1 aliphatic carbocycles. The fourth-order valence-electron chi connectivity index (χ4n) is 2.63. The number of aromatic nitrogens is 1. The van der Waals surface area contributed by atoms with Crippen LogP contribution in [0.15, 0.2) is 6.20 Å². The minimum atomic E-state index is 0.402. The summed E-state index contributed by atoms with van der Waals surface area (Å²) in [5, 5.41) is 4.43. The lowest BCUT2D eigenvalue weighted by Gasteiger charge is -2.26. The second-order valence-corrected chi connectivity index (χ2v) is 6.48. The van der Waals surface area contributed by atoms with E-state index in [9.17, 15) is 0 Å². The van der Waals surface area contributed by atoms with Crippen LogP contribution in [0, 0.1) is 5.92 Å². The number of hydrogen-bond donors (Lipinski definition) is 1. The van der Waals surface area contributed by atoms with Crippen molar-refractivity contribution in [3.8, 4) is 0 Å². The first-order valence-corrected chi connectivity index (χ1v) is 7.86. The molecule has 1 aromatic heterocycles. The Bertz CT molecular complexity index is 358. The zero-order valence-corrected chi connectivity index (χ0v) is 12.6. The Morgan fingerprint density at radius 1 is 1.44 bits per heavy atom. The van der Waals surface area contributed by atoms with Crippen molar-refractivity contribution < 1.29 is 0 Å². The maximum absolute atomic E-state index is 4.56. The fraction of sp³-hybridized carbons (Fsp3) is 0.786. The first-order valence-electron chi connectivity index (χ1n) is 7.05. The first-order chi connectivity index (χ1) is 8.70. The molecule has 0 saturated heterocycles. The number of anilines is 1. The predicted molar refractivity (Wildman–Crippen MR) is 79.4 cm³/mol. The Hall–Kier alpha value is -0.610. The highest BCUT2D eigenvalue weighted by Gasteiger charge is 2.17. The molecule has 1 heterocycles. The third-order valence-electron chi connectivity index (χ3n) is 3.95. The van der Waals surface area contributed by atoms with E-state index in [4.69, 9.17) is 0 Å². The molecule has 1 aliphatic rings. The maximum atomic E-state index is 4.56. The quantitative estimate of drug-likeness (QED) is 0.886. The minimum absolute atomic E-state index is 0.402. The van der Waals surface area contributed by atoms with Gasteiger partial charge in [0.2, 0.25) is 0 Å². The average molecular weight is 267 g/mol. The highest BCUT2D eigenvalue weighted by atomic mass is 32.1. The summed E-state index contributed by atoms with van der Waals surface area (Å²) >= 11 is 1.81. The van der Waals surface area contributed by atoms with E-state index in [-0.39, 0.29) is 0 Å². The SMILES string of the molecule is CNC(C)c1cnc(N(C)CC2CCCCC2)s1. The van der Waals surface area contributed by atoms with E-state index in [0.29, 0.717) is 6.04 Å². The molecule has 1 aromatic rings. The zero-order chi connectivity index (χ0) is 13.0. The number of rotatable bonds is 5. The van der Waals surface area contributed by atoms with Gasteiger partial charge in [-0.15, -0.1) is 11.3 Å². The van der Waals surface area contributed by atoms with Crippen LogP contribution in [0.5, 0.6) is 0 Å². The number of nitrogens with one attached hydrogen (secondary N) is 1. The molecule has 1 N–H and O–H groups in total. The molecule has 102 valence electrons. The molecule has 18 heavy (non-hydrogen) atoms. The Labute approximate surface area is 115 Å². The molecule has 4 heteroatoms. The normalized spacial score (nSPS) is 18.8. The molecule has 0 bridgehead atoms. The topological polar surface area (TPSA) is 28.2 Å². The van der Waals surface area contributed by atoms with E-state index in [1.165, 1.54) is 43.5 Å². The van der Waals surface area contributed by atoms with Crippen LogP contribution in [-0.4, -0.2) is 25.6 Å². The molecule has 1 unspecified atom stereocenters. The molecule has 0 radical (unpaired) electrons. The summed E-state index contributed by atoms with van der Waals surface area (Å²) in [5.41, 5.74) is 0. The minimum Gasteiger partial charge on any atom is -0.351 e. The molecule has 1 fully saturated rings. The first kappa shape index (κ1) is 13.8. The Kier molecular flexibility index (Phi) is 5.01. The number of thiazole rings is 1. The van der Waals surface area contributed by atoms with Crippen molar-refractivity contribution >= 4 is 16.5 Å². The Balaban J connectivity index is 1.91. The molecule has 2 rings (SSSR count). The smallest absolute Gasteiger partial charge is 0.185 e. The lowest BCUT2D eigenvalue weighted by atomic mass is 9.89. The van der Waals surface area contributed by atoms with E-state index in [2.05, 4.69) is 29.2 Å². The van der Waals surface area contributed by atoms with Gasteiger partial charge in [0.1, 0.15) is 0 Å². The molecule has 0 amide bonds. The summed E-state index contributed by atoms with van der Waals surface area (Å²) in [6.45, 7) is 3.35. The summed E-state index contributed by atoms with van der Waals surface area (Å²) in [7, 11) is 4.18. The van der Waals surface area contributed by atoms with Crippen LogP contribution in [-0.2, 0) is 0 Å². The average Bonchev–Trinajstić information content (AvgIpc) is 2.88. The van der Waals surface area contributed by atoms with Crippen LogP contribution in [0.1, 0.15) is 49.9 Å². The lowest BCUT2D eigenvalue weighted by Crippen LogP contribution is -2.26. The van der Waals surface area contributed by atoms with Gasteiger partial charge in [0, 0.05) is 30.7 Å². The number of nitrogens with zero attached hydrogens (tertiary/aromatic N) is 2. The van der Waals surface area contributed by atoms with Crippen molar-refractivity contribution in [1.29, 1.82) is 0 Å². The Morgan fingerprint density at radius 2 is 2.17 bits per heavy atom. The zero-order valence-electron chi connectivity index (χ0n) is 11.8. The second-order valence-electron chi connectivity index (χ2n) is 5.44. The van der Waals surface area contributed by atoms with Gasteiger partial charge >= 0.3 is 0 Å². The molecule has 1 atom stereocenters.